The van der Waals surface area contributed by atoms with Crippen molar-refractivity contribution in [1.29, 1.82) is 0 Å². The summed E-state index contributed by atoms with van der Waals surface area (Å²) in [6.07, 6.45) is 3.35. The molecule has 28 heavy (non-hydrogen) atoms. The third-order valence-corrected chi connectivity index (χ3v) is 4.75. The van der Waals surface area contributed by atoms with Crippen molar-refractivity contribution < 1.29 is 18.4 Å². The van der Waals surface area contributed by atoms with Crippen molar-refractivity contribution in [2.45, 2.75) is 25.6 Å². The first kappa shape index (κ1) is 19.9. The fourth-order valence-corrected chi connectivity index (χ4v) is 3.22. The minimum Gasteiger partial charge on any atom is -0.353 e. The van der Waals surface area contributed by atoms with Gasteiger partial charge in [0.15, 0.2) is 11.6 Å². The molecule has 3 rings (SSSR count). The van der Waals surface area contributed by atoms with Crippen molar-refractivity contribution in [2.75, 3.05) is 20.1 Å². The Morgan fingerprint density at radius 2 is 2.11 bits per heavy atom. The molecule has 2 heterocycles. The lowest BCUT2D eigenvalue weighted by molar-refractivity contribution is -0.138. The summed E-state index contributed by atoms with van der Waals surface area (Å²) in [5.41, 5.74) is 1.44. The second-order valence-electron chi connectivity index (χ2n) is 6.84. The Morgan fingerprint density at radius 1 is 1.29 bits per heavy atom. The summed E-state index contributed by atoms with van der Waals surface area (Å²) >= 11 is 0. The van der Waals surface area contributed by atoms with Crippen LogP contribution in [0.3, 0.4) is 0 Å². The zero-order valence-electron chi connectivity index (χ0n) is 15.6. The van der Waals surface area contributed by atoms with Crippen LogP contribution in [-0.2, 0) is 22.7 Å². The number of nitrogens with one attached hydrogen (secondary N) is 1. The van der Waals surface area contributed by atoms with E-state index in [4.69, 9.17) is 0 Å². The summed E-state index contributed by atoms with van der Waals surface area (Å²) in [7, 11) is 1.68. The molecule has 1 N–H and O–H groups in total. The summed E-state index contributed by atoms with van der Waals surface area (Å²) in [4.78, 5) is 32.4. The molecular weight excluding hydrogens is 366 g/mol. The topological polar surface area (TPSA) is 65.5 Å². The van der Waals surface area contributed by atoms with Crippen molar-refractivity contribution in [3.05, 3.63) is 65.5 Å². The number of aromatic nitrogens is 1. The van der Waals surface area contributed by atoms with Gasteiger partial charge in [0.1, 0.15) is 0 Å². The first-order valence-electron chi connectivity index (χ1n) is 9.02. The Balaban J connectivity index is 1.67. The van der Waals surface area contributed by atoms with Crippen molar-refractivity contribution >= 4 is 11.8 Å². The molecule has 1 fully saturated rings. The number of hydrogen-bond acceptors (Lipinski definition) is 4. The van der Waals surface area contributed by atoms with Gasteiger partial charge in [-0.1, -0.05) is 12.1 Å². The van der Waals surface area contributed by atoms with Crippen molar-refractivity contribution in [1.82, 2.24) is 20.1 Å². The fraction of sp³-hybridized carbons (Fsp3) is 0.350. The molecule has 1 aromatic heterocycles. The summed E-state index contributed by atoms with van der Waals surface area (Å²) in [5, 5.41) is 2.77. The van der Waals surface area contributed by atoms with Gasteiger partial charge in [0, 0.05) is 45.6 Å². The van der Waals surface area contributed by atoms with Crippen LogP contribution in [0.15, 0.2) is 42.7 Å². The first-order valence-corrected chi connectivity index (χ1v) is 9.02. The first-order chi connectivity index (χ1) is 13.4. The molecule has 148 valence electrons. The molecule has 1 atom stereocenters. The van der Waals surface area contributed by atoms with Gasteiger partial charge in [-0.2, -0.15) is 0 Å². The summed E-state index contributed by atoms with van der Waals surface area (Å²) in [6, 6.07) is 6.68. The molecule has 0 saturated carbocycles. The highest BCUT2D eigenvalue weighted by Gasteiger charge is 2.32. The van der Waals surface area contributed by atoms with Crippen LogP contribution in [0.2, 0.25) is 0 Å². The molecule has 1 saturated heterocycles. The van der Waals surface area contributed by atoms with Crippen LogP contribution in [0.4, 0.5) is 8.78 Å². The standard InChI is InChI=1S/C20H22F2N4O2/c1-25(12-15-3-2-6-23-11-15)19(27)10-18-20(28)24-7-8-26(18)13-14-4-5-16(21)17(22)9-14/h2-6,9,11,18H,7-8,10,12-13H2,1H3,(H,24,28). The molecule has 1 aromatic carbocycles. The number of carbonyl (C=O) groups is 2. The predicted octanol–water partition coefficient (Wildman–Crippen LogP) is 1.71. The maximum Gasteiger partial charge on any atom is 0.237 e. The average molecular weight is 388 g/mol. The predicted molar refractivity (Wildman–Crippen MR) is 98.9 cm³/mol. The van der Waals surface area contributed by atoms with Crippen LogP contribution in [0, 0.1) is 11.6 Å². The van der Waals surface area contributed by atoms with E-state index in [1.165, 1.54) is 6.07 Å². The van der Waals surface area contributed by atoms with Crippen LogP contribution in [-0.4, -0.2) is 52.8 Å². The van der Waals surface area contributed by atoms with Crippen LogP contribution >= 0.6 is 0 Å². The Morgan fingerprint density at radius 3 is 2.82 bits per heavy atom. The van der Waals surface area contributed by atoms with Crippen LogP contribution in [0.1, 0.15) is 17.5 Å². The third-order valence-electron chi connectivity index (χ3n) is 4.75. The number of hydrogen-bond donors (Lipinski definition) is 1. The molecule has 0 aliphatic carbocycles. The molecular formula is C20H22F2N4O2. The Labute approximate surface area is 162 Å². The molecule has 0 bridgehead atoms. The van der Waals surface area contributed by atoms with Gasteiger partial charge in [-0.15, -0.1) is 0 Å². The van der Waals surface area contributed by atoms with Crippen LogP contribution < -0.4 is 5.32 Å². The Bertz CT molecular complexity index is 847. The zero-order valence-corrected chi connectivity index (χ0v) is 15.6. The zero-order chi connectivity index (χ0) is 20.1. The number of amides is 2. The van der Waals surface area contributed by atoms with Crippen LogP contribution in [0.25, 0.3) is 0 Å². The van der Waals surface area contributed by atoms with Gasteiger partial charge >= 0.3 is 0 Å². The summed E-state index contributed by atoms with van der Waals surface area (Å²) < 4.78 is 26.6. The van der Waals surface area contributed by atoms with E-state index in [-0.39, 0.29) is 24.8 Å². The summed E-state index contributed by atoms with van der Waals surface area (Å²) in [5.74, 6) is -2.26. The number of halogens is 2. The monoisotopic (exact) mass is 388 g/mol. The molecule has 0 spiro atoms. The second-order valence-corrected chi connectivity index (χ2v) is 6.84. The van der Waals surface area contributed by atoms with Gasteiger partial charge in [-0.25, -0.2) is 8.78 Å². The molecule has 1 unspecified atom stereocenters. The number of piperazine rings is 1. The lowest BCUT2D eigenvalue weighted by atomic mass is 10.1. The maximum atomic E-state index is 13.5. The highest BCUT2D eigenvalue weighted by atomic mass is 19.2. The molecule has 1 aliphatic heterocycles. The van der Waals surface area contributed by atoms with Crippen molar-refractivity contribution in [3.8, 4) is 0 Å². The van der Waals surface area contributed by atoms with E-state index in [0.717, 1.165) is 17.7 Å². The van der Waals surface area contributed by atoms with E-state index < -0.39 is 17.7 Å². The normalized spacial score (nSPS) is 17.2. The second kappa shape index (κ2) is 8.88. The highest BCUT2D eigenvalue weighted by Crippen LogP contribution is 2.17. The number of carbonyl (C=O) groups excluding carboxylic acids is 2. The average Bonchev–Trinajstić information content (AvgIpc) is 2.68. The Hall–Kier alpha value is -2.87. The van der Waals surface area contributed by atoms with Gasteiger partial charge in [0.2, 0.25) is 11.8 Å². The van der Waals surface area contributed by atoms with E-state index in [0.29, 0.717) is 25.2 Å². The smallest absolute Gasteiger partial charge is 0.237 e. The lowest BCUT2D eigenvalue weighted by Crippen LogP contribution is -2.56. The third kappa shape index (κ3) is 4.89. The SMILES string of the molecule is CN(Cc1cccnc1)C(=O)CC1C(=O)NCCN1Cc1ccc(F)c(F)c1. The molecule has 1 aliphatic rings. The number of benzene rings is 1. The Kier molecular flexibility index (Phi) is 6.30. The summed E-state index contributed by atoms with van der Waals surface area (Å²) in [6.45, 7) is 1.62. The lowest BCUT2D eigenvalue weighted by Gasteiger charge is -2.35. The molecule has 2 amide bonds. The molecule has 6 nitrogen and oxygen atoms in total. The number of rotatable bonds is 6. The van der Waals surface area contributed by atoms with Crippen molar-refractivity contribution in [2.24, 2.45) is 0 Å². The van der Waals surface area contributed by atoms with E-state index >= 15 is 0 Å². The van der Waals surface area contributed by atoms with E-state index in [9.17, 15) is 18.4 Å². The molecule has 0 radical (unpaired) electrons. The molecule has 2 aromatic rings. The maximum absolute atomic E-state index is 13.5. The minimum atomic E-state index is -0.928. The van der Waals surface area contributed by atoms with Gasteiger partial charge in [-0.05, 0) is 29.3 Å². The van der Waals surface area contributed by atoms with Gasteiger partial charge in [0.25, 0.3) is 0 Å². The van der Waals surface area contributed by atoms with Crippen molar-refractivity contribution in [3.63, 3.8) is 0 Å². The van der Waals surface area contributed by atoms with E-state index in [1.807, 2.05) is 11.0 Å². The van der Waals surface area contributed by atoms with Gasteiger partial charge in [0.05, 0.1) is 12.5 Å². The van der Waals surface area contributed by atoms with Crippen LogP contribution in [0.5, 0.6) is 0 Å². The number of pyridine rings is 1. The highest BCUT2D eigenvalue weighted by molar-refractivity contribution is 5.88. The minimum absolute atomic E-state index is 0.00622. The van der Waals surface area contributed by atoms with E-state index in [1.54, 1.807) is 30.4 Å². The quantitative estimate of drug-likeness (QED) is 0.818. The van der Waals surface area contributed by atoms with Gasteiger partial charge in [-0.3, -0.25) is 19.5 Å². The molecule has 8 heteroatoms. The fourth-order valence-electron chi connectivity index (χ4n) is 3.22. The number of nitrogens with zero attached hydrogens (tertiary/aromatic N) is 3. The van der Waals surface area contributed by atoms with Gasteiger partial charge < -0.3 is 10.2 Å². The van der Waals surface area contributed by atoms with E-state index in [2.05, 4.69) is 10.3 Å². The largest absolute Gasteiger partial charge is 0.353 e.